The van der Waals surface area contributed by atoms with Crippen LogP contribution in [-0.2, 0) is 13.2 Å². The van der Waals surface area contributed by atoms with E-state index in [0.29, 0.717) is 24.3 Å². The molecule has 8 nitrogen and oxygen atoms in total. The van der Waals surface area contributed by atoms with Gasteiger partial charge in [0, 0.05) is 30.3 Å². The quantitative estimate of drug-likeness (QED) is 0.467. The normalized spacial score (nSPS) is 18.2. The summed E-state index contributed by atoms with van der Waals surface area (Å²) in [6.07, 6.45) is 1.40. The van der Waals surface area contributed by atoms with Crippen LogP contribution in [0, 0.1) is 0 Å². The summed E-state index contributed by atoms with van der Waals surface area (Å²) in [5, 5.41) is 11.2. The van der Waals surface area contributed by atoms with Crippen LogP contribution in [0.5, 0.6) is 5.75 Å². The maximum absolute atomic E-state index is 12.7. The number of hydrogen-bond acceptors (Lipinski definition) is 5. The van der Waals surface area contributed by atoms with Crippen molar-refractivity contribution in [2.75, 3.05) is 5.32 Å². The molecule has 170 valence electrons. The van der Waals surface area contributed by atoms with Crippen molar-refractivity contribution in [2.24, 2.45) is 7.05 Å². The van der Waals surface area contributed by atoms with Crippen molar-refractivity contribution >= 4 is 22.5 Å². The predicted molar refractivity (Wildman–Crippen MR) is 113 cm³/mol. The van der Waals surface area contributed by atoms with Gasteiger partial charge in [-0.05, 0) is 48.6 Å². The Labute approximate surface area is 185 Å². The van der Waals surface area contributed by atoms with Crippen LogP contribution in [0.4, 0.5) is 18.9 Å². The second-order valence-corrected chi connectivity index (χ2v) is 8.02. The molecule has 0 unspecified atom stereocenters. The molecular weight excluding hydrogens is 437 g/mol. The van der Waals surface area contributed by atoms with Crippen molar-refractivity contribution in [3.05, 3.63) is 65.9 Å². The van der Waals surface area contributed by atoms with Crippen LogP contribution in [-0.4, -0.2) is 37.0 Å². The summed E-state index contributed by atoms with van der Waals surface area (Å²) in [5.74, 6) is 0.385. The smallest absolute Gasteiger partial charge is 0.433 e. The van der Waals surface area contributed by atoms with Crippen LogP contribution < -0.4 is 10.1 Å². The summed E-state index contributed by atoms with van der Waals surface area (Å²) in [5.41, 5.74) is 1.52. The fraction of sp³-hybridized carbons (Fsp3) is 0.273. The monoisotopic (exact) mass is 456 g/mol. The Kier molecular flexibility index (Phi) is 5.03. The Hall–Kier alpha value is -3.89. The maximum Gasteiger partial charge on any atom is 0.433 e. The summed E-state index contributed by atoms with van der Waals surface area (Å²) < 4.78 is 45.5. The number of anilines is 1. The molecule has 33 heavy (non-hydrogen) atoms. The molecule has 1 saturated carbocycles. The second kappa shape index (κ2) is 7.91. The Morgan fingerprint density at radius 3 is 2.73 bits per heavy atom. The molecule has 1 aliphatic carbocycles. The third kappa shape index (κ3) is 4.26. The van der Waals surface area contributed by atoms with Gasteiger partial charge in [-0.25, -0.2) is 0 Å². The summed E-state index contributed by atoms with van der Waals surface area (Å²) >= 11 is 0. The number of ether oxygens (including phenoxy) is 1. The van der Waals surface area contributed by atoms with E-state index >= 15 is 0 Å². The number of alkyl halides is 3. The Morgan fingerprint density at radius 1 is 1.24 bits per heavy atom. The molecular formula is C22H19F3N6O2. The molecule has 0 aliphatic heterocycles. The highest BCUT2D eigenvalue weighted by atomic mass is 19.4. The van der Waals surface area contributed by atoms with E-state index < -0.39 is 11.9 Å². The largest absolute Gasteiger partial charge is 0.490 e. The van der Waals surface area contributed by atoms with E-state index in [1.54, 1.807) is 13.2 Å². The fourth-order valence-corrected chi connectivity index (χ4v) is 3.86. The lowest BCUT2D eigenvalue weighted by Crippen LogP contribution is -2.32. The Balaban J connectivity index is 1.23. The van der Waals surface area contributed by atoms with E-state index in [4.69, 9.17) is 4.74 Å². The molecule has 0 saturated heterocycles. The van der Waals surface area contributed by atoms with Crippen molar-refractivity contribution in [1.82, 2.24) is 25.0 Å². The Morgan fingerprint density at radius 2 is 2.06 bits per heavy atom. The number of aromatic amines is 1. The van der Waals surface area contributed by atoms with E-state index in [2.05, 4.69) is 25.6 Å². The molecule has 3 aromatic heterocycles. The molecule has 1 aliphatic rings. The second-order valence-electron chi connectivity index (χ2n) is 8.02. The van der Waals surface area contributed by atoms with Gasteiger partial charge in [0.15, 0.2) is 5.69 Å². The van der Waals surface area contributed by atoms with Crippen molar-refractivity contribution in [1.29, 1.82) is 0 Å². The number of H-pyrrole nitrogens is 1. The number of benzene rings is 1. The minimum Gasteiger partial charge on any atom is -0.490 e. The average molecular weight is 456 g/mol. The van der Waals surface area contributed by atoms with E-state index in [1.165, 1.54) is 23.1 Å². The van der Waals surface area contributed by atoms with Gasteiger partial charge in [0.25, 0.3) is 5.91 Å². The number of aryl methyl sites for hydroxylation is 1. The van der Waals surface area contributed by atoms with Gasteiger partial charge in [-0.1, -0.05) is 11.3 Å². The van der Waals surface area contributed by atoms with Gasteiger partial charge in [-0.3, -0.25) is 14.5 Å². The van der Waals surface area contributed by atoms with Gasteiger partial charge in [0.1, 0.15) is 11.4 Å². The molecule has 1 fully saturated rings. The third-order valence-electron chi connectivity index (χ3n) is 5.68. The minimum atomic E-state index is -4.44. The van der Waals surface area contributed by atoms with Crippen LogP contribution in [0.15, 0.2) is 48.9 Å². The number of amides is 1. The first kappa shape index (κ1) is 21.0. The van der Waals surface area contributed by atoms with E-state index in [-0.39, 0.29) is 23.6 Å². The minimum absolute atomic E-state index is 0.0497. The summed E-state index contributed by atoms with van der Waals surface area (Å²) in [4.78, 5) is 19.0. The highest BCUT2D eigenvalue weighted by Gasteiger charge is 2.35. The van der Waals surface area contributed by atoms with E-state index in [0.717, 1.165) is 22.5 Å². The number of aromatic nitrogens is 5. The van der Waals surface area contributed by atoms with Gasteiger partial charge >= 0.3 is 6.18 Å². The zero-order chi connectivity index (χ0) is 23.2. The highest BCUT2D eigenvalue weighted by Crippen LogP contribution is 2.40. The molecule has 4 aromatic rings. The summed E-state index contributed by atoms with van der Waals surface area (Å²) in [6, 6.07) is 8.03. The van der Waals surface area contributed by atoms with E-state index in [9.17, 15) is 18.0 Å². The van der Waals surface area contributed by atoms with Gasteiger partial charge in [-0.15, -0.1) is 5.10 Å². The summed E-state index contributed by atoms with van der Waals surface area (Å²) in [6.45, 7) is 0. The lowest BCUT2D eigenvalue weighted by Gasteiger charge is -2.35. The molecule has 0 radical (unpaired) electrons. The van der Waals surface area contributed by atoms with Crippen molar-refractivity contribution < 1.29 is 22.7 Å². The molecule has 0 spiro atoms. The number of fused-ring (bicyclic) bond motifs is 1. The number of rotatable bonds is 5. The summed E-state index contributed by atoms with van der Waals surface area (Å²) in [7, 11) is 1.68. The molecule has 1 aromatic carbocycles. The number of carbonyl (C=O) groups excluding carboxylic acids is 1. The van der Waals surface area contributed by atoms with Crippen LogP contribution in [0.1, 0.15) is 40.5 Å². The number of halogens is 3. The number of nitrogens with one attached hydrogen (secondary N) is 2. The van der Waals surface area contributed by atoms with Crippen molar-refractivity contribution in [3.8, 4) is 5.75 Å². The van der Waals surface area contributed by atoms with Gasteiger partial charge in [0.05, 0.1) is 18.0 Å². The molecule has 11 heteroatoms. The highest BCUT2D eigenvalue weighted by molar-refractivity contribution is 6.08. The Bertz CT molecular complexity index is 1310. The topological polar surface area (TPSA) is 97.7 Å². The number of hydrogen-bond donors (Lipinski definition) is 2. The predicted octanol–water partition coefficient (Wildman–Crippen LogP) is 4.29. The zero-order valence-corrected chi connectivity index (χ0v) is 17.4. The standard InChI is InChI=1S/C22H19F3N6O2/c1-31-11-19(29-30-31)21(32)28-18-10-26-17-4-3-14(8-16(17)18)33-15-6-13(7-15)12-2-5-20(27-9-12)22(23,24)25/h2-5,8-11,13,15,26H,6-7H2,1H3,(H,28,32). The van der Waals surface area contributed by atoms with Crippen molar-refractivity contribution in [2.45, 2.75) is 31.0 Å². The van der Waals surface area contributed by atoms with Crippen LogP contribution in [0.25, 0.3) is 10.9 Å². The maximum atomic E-state index is 12.7. The molecule has 5 rings (SSSR count). The number of carbonyl (C=O) groups is 1. The van der Waals surface area contributed by atoms with Crippen molar-refractivity contribution in [3.63, 3.8) is 0 Å². The lowest BCUT2D eigenvalue weighted by molar-refractivity contribution is -0.141. The first-order valence-electron chi connectivity index (χ1n) is 10.2. The molecule has 0 atom stereocenters. The van der Waals surface area contributed by atoms with Gasteiger partial charge < -0.3 is 15.0 Å². The van der Waals surface area contributed by atoms with Crippen LogP contribution in [0.2, 0.25) is 0 Å². The lowest BCUT2D eigenvalue weighted by atomic mass is 9.78. The van der Waals surface area contributed by atoms with E-state index in [1.807, 2.05) is 18.2 Å². The zero-order valence-electron chi connectivity index (χ0n) is 17.4. The fourth-order valence-electron chi connectivity index (χ4n) is 3.86. The van der Waals surface area contributed by atoms with Gasteiger partial charge in [-0.2, -0.15) is 13.2 Å². The number of nitrogens with zero attached hydrogens (tertiary/aromatic N) is 4. The number of pyridine rings is 1. The van der Waals surface area contributed by atoms with Gasteiger partial charge in [0.2, 0.25) is 0 Å². The third-order valence-corrected chi connectivity index (χ3v) is 5.68. The van der Waals surface area contributed by atoms with Crippen LogP contribution in [0.3, 0.4) is 0 Å². The van der Waals surface area contributed by atoms with Crippen LogP contribution >= 0.6 is 0 Å². The molecule has 0 bridgehead atoms. The molecule has 3 heterocycles. The first-order valence-corrected chi connectivity index (χ1v) is 10.2. The molecule has 1 amide bonds. The SMILES string of the molecule is Cn1cc(C(=O)Nc2c[nH]c3ccc(OC4CC(c5ccc(C(F)(F)F)nc5)C4)cc23)nn1. The average Bonchev–Trinajstić information content (AvgIpc) is 3.36. The molecule has 2 N–H and O–H groups in total. The first-order chi connectivity index (χ1) is 15.8.